The van der Waals surface area contributed by atoms with Gasteiger partial charge in [-0.1, -0.05) is 36.4 Å². The molecule has 29 heavy (non-hydrogen) atoms. The van der Waals surface area contributed by atoms with Crippen LogP contribution in [-0.2, 0) is 17.6 Å². The summed E-state index contributed by atoms with van der Waals surface area (Å²) in [5.74, 6) is 1.38. The van der Waals surface area contributed by atoms with Crippen LogP contribution in [0.1, 0.15) is 11.1 Å². The largest absolute Gasteiger partial charge is 0.486 e. The number of amides is 1. The molecule has 0 saturated carbocycles. The lowest BCUT2D eigenvalue weighted by Gasteiger charge is -2.23. The lowest BCUT2D eigenvalue weighted by atomic mass is 10.1. The van der Waals surface area contributed by atoms with Gasteiger partial charge in [-0.2, -0.15) is 0 Å². The Morgan fingerprint density at radius 1 is 0.897 bits per heavy atom. The molecule has 0 unspecified atom stereocenters. The van der Waals surface area contributed by atoms with Crippen molar-refractivity contribution in [3.63, 3.8) is 0 Å². The van der Waals surface area contributed by atoms with Crippen molar-refractivity contribution in [3.05, 3.63) is 77.9 Å². The second kappa shape index (κ2) is 7.51. The van der Waals surface area contributed by atoms with E-state index in [1.807, 2.05) is 36.4 Å². The van der Waals surface area contributed by atoms with Gasteiger partial charge < -0.3 is 19.7 Å². The quantitative estimate of drug-likeness (QED) is 0.725. The Balaban J connectivity index is 1.34. The number of nitrogens with zero attached hydrogens (tertiary/aromatic N) is 1. The van der Waals surface area contributed by atoms with Crippen LogP contribution >= 0.6 is 0 Å². The van der Waals surface area contributed by atoms with Crippen molar-refractivity contribution in [2.24, 2.45) is 0 Å². The van der Waals surface area contributed by atoms with E-state index < -0.39 is 0 Å². The first kappa shape index (κ1) is 17.6. The summed E-state index contributed by atoms with van der Waals surface area (Å²) in [6, 6.07) is 22.1. The highest BCUT2D eigenvalue weighted by Crippen LogP contribution is 2.38. The summed E-state index contributed by atoms with van der Waals surface area (Å²) >= 11 is 0. The van der Waals surface area contributed by atoms with Gasteiger partial charge >= 0.3 is 0 Å². The zero-order chi connectivity index (χ0) is 19.6. The number of nitrogens with one attached hydrogen (secondary N) is 1. The molecule has 5 heteroatoms. The third-order valence-corrected chi connectivity index (χ3v) is 5.33. The minimum atomic E-state index is -0.0541. The first-order chi connectivity index (χ1) is 14.3. The van der Waals surface area contributed by atoms with E-state index in [4.69, 9.17) is 9.47 Å². The summed E-state index contributed by atoms with van der Waals surface area (Å²) in [5, 5.41) is 3.09. The first-order valence-corrected chi connectivity index (χ1v) is 9.91. The van der Waals surface area contributed by atoms with Gasteiger partial charge in [0, 0.05) is 12.2 Å². The molecule has 146 valence electrons. The molecule has 3 aromatic rings. The van der Waals surface area contributed by atoms with Crippen LogP contribution in [0.2, 0.25) is 0 Å². The lowest BCUT2D eigenvalue weighted by molar-refractivity contribution is -0.115. The smallest absolute Gasteiger partial charge is 0.228 e. The van der Waals surface area contributed by atoms with Gasteiger partial charge in [0.15, 0.2) is 11.5 Å². The molecule has 0 bridgehead atoms. The van der Waals surface area contributed by atoms with Gasteiger partial charge in [-0.05, 0) is 47.9 Å². The second-order valence-electron chi connectivity index (χ2n) is 7.25. The highest BCUT2D eigenvalue weighted by molar-refractivity contribution is 5.96. The minimum absolute atomic E-state index is 0.0541. The average Bonchev–Trinajstić information content (AvgIpc) is 3.18. The SMILES string of the molecule is O=C(Cc1ccc2c(c1)OCCO2)Nc1ccccc1N1CCc2ccccc21. The summed E-state index contributed by atoms with van der Waals surface area (Å²) in [7, 11) is 0. The van der Waals surface area contributed by atoms with Crippen LogP contribution < -0.4 is 19.7 Å². The normalized spacial score (nSPS) is 14.4. The number of anilines is 3. The van der Waals surface area contributed by atoms with Gasteiger partial charge in [0.05, 0.1) is 17.8 Å². The molecule has 2 aliphatic heterocycles. The van der Waals surface area contributed by atoms with Crippen molar-refractivity contribution >= 4 is 23.0 Å². The molecule has 0 spiro atoms. The van der Waals surface area contributed by atoms with Crippen molar-refractivity contribution in [2.75, 3.05) is 30.0 Å². The Hall–Kier alpha value is -3.47. The number of carbonyl (C=O) groups excluding carboxylic acids is 1. The fourth-order valence-corrected chi connectivity index (χ4v) is 3.98. The highest BCUT2D eigenvalue weighted by atomic mass is 16.6. The number of ether oxygens (including phenoxy) is 2. The monoisotopic (exact) mass is 386 g/mol. The molecule has 0 fully saturated rings. The summed E-state index contributed by atoms with van der Waals surface area (Å²) in [5.41, 5.74) is 5.29. The molecule has 5 nitrogen and oxygen atoms in total. The van der Waals surface area contributed by atoms with Crippen LogP contribution in [0.25, 0.3) is 0 Å². The number of carbonyl (C=O) groups is 1. The molecule has 0 saturated heterocycles. The van der Waals surface area contributed by atoms with Gasteiger partial charge in [0.1, 0.15) is 13.2 Å². The van der Waals surface area contributed by atoms with E-state index in [1.165, 1.54) is 11.3 Å². The van der Waals surface area contributed by atoms with Crippen molar-refractivity contribution in [1.29, 1.82) is 0 Å². The van der Waals surface area contributed by atoms with E-state index in [1.54, 1.807) is 0 Å². The maximum atomic E-state index is 12.8. The second-order valence-corrected chi connectivity index (χ2v) is 7.25. The number of fused-ring (bicyclic) bond motifs is 2. The van der Waals surface area contributed by atoms with E-state index in [-0.39, 0.29) is 12.3 Å². The first-order valence-electron chi connectivity index (χ1n) is 9.91. The zero-order valence-corrected chi connectivity index (χ0v) is 16.1. The van der Waals surface area contributed by atoms with Gasteiger partial charge in [-0.25, -0.2) is 0 Å². The van der Waals surface area contributed by atoms with E-state index in [9.17, 15) is 4.79 Å². The Bertz CT molecular complexity index is 1060. The molecule has 0 aliphatic carbocycles. The third kappa shape index (κ3) is 3.51. The predicted octanol–water partition coefficient (Wildman–Crippen LogP) is 4.33. The standard InChI is InChI=1S/C24H22N2O3/c27-24(16-17-9-10-22-23(15-17)29-14-13-28-22)25-19-6-2-4-8-21(19)26-12-11-18-5-1-3-7-20(18)26/h1-10,15H,11-14,16H2,(H,25,27). The predicted molar refractivity (Wildman–Crippen MR) is 113 cm³/mol. The molecular weight excluding hydrogens is 364 g/mol. The van der Waals surface area contributed by atoms with Gasteiger partial charge in [0.2, 0.25) is 5.91 Å². The van der Waals surface area contributed by atoms with E-state index in [0.717, 1.165) is 35.7 Å². The highest BCUT2D eigenvalue weighted by Gasteiger charge is 2.22. The lowest BCUT2D eigenvalue weighted by Crippen LogP contribution is -2.20. The Morgan fingerprint density at radius 2 is 1.66 bits per heavy atom. The summed E-state index contributed by atoms with van der Waals surface area (Å²) in [6.07, 6.45) is 1.29. The van der Waals surface area contributed by atoms with Crippen molar-refractivity contribution in [3.8, 4) is 11.5 Å². The van der Waals surface area contributed by atoms with Crippen molar-refractivity contribution < 1.29 is 14.3 Å². The molecule has 2 heterocycles. The van der Waals surface area contributed by atoms with E-state index in [2.05, 4.69) is 40.5 Å². The fourth-order valence-electron chi connectivity index (χ4n) is 3.98. The minimum Gasteiger partial charge on any atom is -0.486 e. The fraction of sp³-hybridized carbons (Fsp3) is 0.208. The van der Waals surface area contributed by atoms with Crippen LogP contribution in [0.4, 0.5) is 17.1 Å². The summed E-state index contributed by atoms with van der Waals surface area (Å²) in [6.45, 7) is 2.00. The van der Waals surface area contributed by atoms with Crippen LogP contribution in [0, 0.1) is 0 Å². The molecular formula is C24H22N2O3. The Labute approximate surface area is 169 Å². The molecule has 0 aromatic heterocycles. The number of rotatable bonds is 4. The van der Waals surface area contributed by atoms with Gasteiger partial charge in [-0.3, -0.25) is 4.79 Å². The van der Waals surface area contributed by atoms with E-state index in [0.29, 0.717) is 19.0 Å². The Kier molecular flexibility index (Phi) is 4.56. The maximum absolute atomic E-state index is 12.8. The van der Waals surface area contributed by atoms with Crippen LogP contribution in [0.5, 0.6) is 11.5 Å². The topological polar surface area (TPSA) is 50.8 Å². The molecule has 0 atom stereocenters. The number of para-hydroxylation sites is 3. The number of hydrogen-bond acceptors (Lipinski definition) is 4. The third-order valence-electron chi connectivity index (χ3n) is 5.33. The molecule has 2 aliphatic rings. The van der Waals surface area contributed by atoms with Gasteiger partial charge in [-0.15, -0.1) is 0 Å². The van der Waals surface area contributed by atoms with Gasteiger partial charge in [0.25, 0.3) is 0 Å². The van der Waals surface area contributed by atoms with Crippen molar-refractivity contribution in [2.45, 2.75) is 12.8 Å². The van der Waals surface area contributed by atoms with E-state index >= 15 is 0 Å². The molecule has 1 amide bonds. The number of benzene rings is 3. The molecule has 1 N–H and O–H groups in total. The van der Waals surface area contributed by atoms with Crippen molar-refractivity contribution in [1.82, 2.24) is 0 Å². The zero-order valence-electron chi connectivity index (χ0n) is 16.1. The molecule has 3 aromatic carbocycles. The van der Waals surface area contributed by atoms with Crippen LogP contribution in [-0.4, -0.2) is 25.7 Å². The number of hydrogen-bond donors (Lipinski definition) is 1. The Morgan fingerprint density at radius 3 is 2.55 bits per heavy atom. The summed E-state index contributed by atoms with van der Waals surface area (Å²) < 4.78 is 11.2. The average molecular weight is 386 g/mol. The maximum Gasteiger partial charge on any atom is 0.228 e. The van der Waals surface area contributed by atoms with Crippen LogP contribution in [0.15, 0.2) is 66.7 Å². The van der Waals surface area contributed by atoms with Crippen LogP contribution in [0.3, 0.4) is 0 Å². The summed E-state index contributed by atoms with van der Waals surface area (Å²) in [4.78, 5) is 15.0. The molecule has 5 rings (SSSR count). The molecule has 0 radical (unpaired) electrons.